The maximum atomic E-state index is 12.4. The maximum absolute atomic E-state index is 12.4. The van der Waals surface area contributed by atoms with Crippen LogP contribution in [0.5, 0.6) is 0 Å². The van der Waals surface area contributed by atoms with Gasteiger partial charge in [0.1, 0.15) is 5.69 Å². The minimum atomic E-state index is -3.37. The van der Waals surface area contributed by atoms with Crippen LogP contribution in [0.25, 0.3) is 0 Å². The molecule has 2 aromatic rings. The SMILES string of the molecule is CC(=O)c1cc(C(=O)NC(C)c2cccc(NS(C)(=O)=O)c2)n(C)c1. The van der Waals surface area contributed by atoms with Gasteiger partial charge in [-0.25, -0.2) is 8.42 Å². The van der Waals surface area contributed by atoms with Crippen molar-refractivity contribution < 1.29 is 18.0 Å². The van der Waals surface area contributed by atoms with Crippen LogP contribution >= 0.6 is 0 Å². The number of aryl methyl sites for hydroxylation is 1. The number of benzene rings is 1. The Morgan fingerprint density at radius 3 is 2.44 bits per heavy atom. The molecule has 0 aliphatic rings. The number of ketones is 1. The molecule has 1 amide bonds. The highest BCUT2D eigenvalue weighted by Gasteiger charge is 2.17. The van der Waals surface area contributed by atoms with Gasteiger partial charge in [0.15, 0.2) is 5.78 Å². The first-order valence-electron chi connectivity index (χ1n) is 7.63. The first-order chi connectivity index (χ1) is 11.6. The fourth-order valence-corrected chi connectivity index (χ4v) is 2.98. The van der Waals surface area contributed by atoms with Crippen molar-refractivity contribution in [3.8, 4) is 0 Å². The van der Waals surface area contributed by atoms with Gasteiger partial charge in [-0.05, 0) is 37.6 Å². The average molecular weight is 363 g/mol. The zero-order valence-electron chi connectivity index (χ0n) is 14.5. The first kappa shape index (κ1) is 18.7. The van der Waals surface area contributed by atoms with Gasteiger partial charge in [0, 0.05) is 24.5 Å². The summed E-state index contributed by atoms with van der Waals surface area (Å²) in [4.78, 5) is 23.9. The van der Waals surface area contributed by atoms with Crippen molar-refractivity contribution in [1.29, 1.82) is 0 Å². The average Bonchev–Trinajstić information content (AvgIpc) is 2.88. The van der Waals surface area contributed by atoms with Gasteiger partial charge in [0.05, 0.1) is 12.3 Å². The smallest absolute Gasteiger partial charge is 0.268 e. The fourth-order valence-electron chi connectivity index (χ4n) is 2.42. The van der Waals surface area contributed by atoms with Crippen LogP contribution in [0.3, 0.4) is 0 Å². The number of nitrogens with zero attached hydrogens (tertiary/aromatic N) is 1. The van der Waals surface area contributed by atoms with Crippen molar-refractivity contribution in [2.24, 2.45) is 7.05 Å². The molecule has 0 saturated carbocycles. The van der Waals surface area contributed by atoms with E-state index in [4.69, 9.17) is 0 Å². The summed E-state index contributed by atoms with van der Waals surface area (Å²) in [5, 5.41) is 2.85. The van der Waals surface area contributed by atoms with Crippen LogP contribution in [-0.4, -0.2) is 30.9 Å². The second kappa shape index (κ2) is 7.10. The quantitative estimate of drug-likeness (QED) is 0.768. The normalized spacial score (nSPS) is 12.5. The Labute approximate surface area is 147 Å². The van der Waals surface area contributed by atoms with Crippen molar-refractivity contribution in [3.63, 3.8) is 0 Å². The molecule has 0 aliphatic heterocycles. The zero-order chi connectivity index (χ0) is 18.8. The second-order valence-electron chi connectivity index (χ2n) is 5.98. The van der Waals surface area contributed by atoms with E-state index in [9.17, 15) is 18.0 Å². The largest absolute Gasteiger partial charge is 0.346 e. The summed E-state index contributed by atoms with van der Waals surface area (Å²) in [7, 11) is -1.67. The van der Waals surface area contributed by atoms with E-state index in [1.54, 1.807) is 55.1 Å². The third-order valence-electron chi connectivity index (χ3n) is 3.68. The van der Waals surface area contributed by atoms with E-state index in [2.05, 4.69) is 10.0 Å². The lowest BCUT2D eigenvalue weighted by Crippen LogP contribution is -2.28. The number of Topliss-reactive ketones (excluding diaryl/α,β-unsaturated/α-hetero) is 1. The van der Waals surface area contributed by atoms with E-state index in [0.717, 1.165) is 11.8 Å². The van der Waals surface area contributed by atoms with E-state index >= 15 is 0 Å². The molecule has 0 saturated heterocycles. The van der Waals surface area contributed by atoms with Crippen LogP contribution in [0.4, 0.5) is 5.69 Å². The molecule has 1 atom stereocenters. The van der Waals surface area contributed by atoms with E-state index in [-0.39, 0.29) is 17.7 Å². The number of amides is 1. The summed E-state index contributed by atoms with van der Waals surface area (Å²) in [5.74, 6) is -0.425. The molecular weight excluding hydrogens is 342 g/mol. The van der Waals surface area contributed by atoms with E-state index < -0.39 is 10.0 Å². The number of rotatable bonds is 6. The molecule has 0 bridgehead atoms. The number of anilines is 1. The van der Waals surface area contributed by atoms with Crippen LogP contribution in [0, 0.1) is 0 Å². The first-order valence-corrected chi connectivity index (χ1v) is 9.52. The minimum Gasteiger partial charge on any atom is -0.346 e. The van der Waals surface area contributed by atoms with Crippen molar-refractivity contribution >= 4 is 27.4 Å². The standard InChI is InChI=1S/C17H21N3O4S/c1-11(13-6-5-7-15(8-13)19-25(4,23)24)18-17(22)16-9-14(12(2)21)10-20(16)3/h5-11,19H,1-4H3,(H,18,22). The highest BCUT2D eigenvalue weighted by atomic mass is 32.2. The summed E-state index contributed by atoms with van der Waals surface area (Å²) in [5.41, 5.74) is 2.03. The lowest BCUT2D eigenvalue weighted by molar-refractivity contribution is 0.0931. The highest BCUT2D eigenvalue weighted by Crippen LogP contribution is 2.19. The summed E-state index contributed by atoms with van der Waals surface area (Å²) in [6, 6.07) is 8.01. The molecule has 25 heavy (non-hydrogen) atoms. The van der Waals surface area contributed by atoms with Crippen molar-refractivity contribution in [2.75, 3.05) is 11.0 Å². The van der Waals surface area contributed by atoms with Gasteiger partial charge < -0.3 is 9.88 Å². The Morgan fingerprint density at radius 1 is 1.20 bits per heavy atom. The molecule has 0 aliphatic carbocycles. The molecule has 0 fully saturated rings. The topological polar surface area (TPSA) is 97.3 Å². The lowest BCUT2D eigenvalue weighted by atomic mass is 10.1. The van der Waals surface area contributed by atoms with E-state index in [1.807, 2.05) is 0 Å². The van der Waals surface area contributed by atoms with Crippen LogP contribution in [0.1, 0.15) is 46.3 Å². The van der Waals surface area contributed by atoms with Gasteiger partial charge >= 0.3 is 0 Å². The van der Waals surface area contributed by atoms with Gasteiger partial charge in [-0.1, -0.05) is 12.1 Å². The maximum Gasteiger partial charge on any atom is 0.268 e. The minimum absolute atomic E-state index is 0.109. The molecule has 7 nitrogen and oxygen atoms in total. The molecule has 8 heteroatoms. The predicted molar refractivity (Wildman–Crippen MR) is 96.2 cm³/mol. The molecule has 1 heterocycles. The van der Waals surface area contributed by atoms with Crippen molar-refractivity contribution in [1.82, 2.24) is 9.88 Å². The Morgan fingerprint density at radius 2 is 1.88 bits per heavy atom. The molecule has 1 aromatic carbocycles. The zero-order valence-corrected chi connectivity index (χ0v) is 15.3. The van der Waals surface area contributed by atoms with E-state index in [0.29, 0.717) is 16.9 Å². The van der Waals surface area contributed by atoms with Crippen LogP contribution in [0.2, 0.25) is 0 Å². The van der Waals surface area contributed by atoms with Crippen molar-refractivity contribution in [3.05, 3.63) is 53.3 Å². The Bertz CT molecular complexity index is 916. The van der Waals surface area contributed by atoms with E-state index in [1.165, 1.54) is 6.92 Å². The Balaban J connectivity index is 2.16. The number of nitrogens with one attached hydrogen (secondary N) is 2. The number of sulfonamides is 1. The summed E-state index contributed by atoms with van der Waals surface area (Å²) < 4.78 is 26.7. The van der Waals surface area contributed by atoms with Gasteiger partial charge in [-0.3, -0.25) is 14.3 Å². The number of hydrogen-bond acceptors (Lipinski definition) is 4. The van der Waals surface area contributed by atoms with Crippen molar-refractivity contribution in [2.45, 2.75) is 19.9 Å². The number of carbonyl (C=O) groups excluding carboxylic acids is 2. The third kappa shape index (κ3) is 4.93. The molecule has 2 N–H and O–H groups in total. The predicted octanol–water partition coefficient (Wildman–Crippen LogP) is 2.09. The summed E-state index contributed by atoms with van der Waals surface area (Å²) >= 11 is 0. The monoisotopic (exact) mass is 363 g/mol. The van der Waals surface area contributed by atoms with Gasteiger partial charge in [-0.15, -0.1) is 0 Å². The molecule has 134 valence electrons. The Kier molecular flexibility index (Phi) is 5.32. The fraction of sp³-hybridized carbons (Fsp3) is 0.294. The summed E-state index contributed by atoms with van der Waals surface area (Å²) in [6.07, 6.45) is 2.69. The number of aromatic nitrogens is 1. The number of hydrogen-bond donors (Lipinski definition) is 2. The van der Waals surface area contributed by atoms with Gasteiger partial charge in [-0.2, -0.15) is 0 Å². The number of carbonyl (C=O) groups is 2. The van der Waals surface area contributed by atoms with Crippen LogP contribution < -0.4 is 10.0 Å². The van der Waals surface area contributed by atoms with Crippen LogP contribution in [-0.2, 0) is 17.1 Å². The summed E-state index contributed by atoms with van der Waals surface area (Å²) in [6.45, 7) is 3.24. The van der Waals surface area contributed by atoms with Crippen LogP contribution in [0.15, 0.2) is 36.5 Å². The molecular formula is C17H21N3O4S. The lowest BCUT2D eigenvalue weighted by Gasteiger charge is -2.16. The highest BCUT2D eigenvalue weighted by molar-refractivity contribution is 7.92. The van der Waals surface area contributed by atoms with Gasteiger partial charge in [0.2, 0.25) is 10.0 Å². The molecule has 1 aromatic heterocycles. The molecule has 0 spiro atoms. The van der Waals surface area contributed by atoms with Gasteiger partial charge in [0.25, 0.3) is 5.91 Å². The Hall–Kier alpha value is -2.61. The third-order valence-corrected chi connectivity index (χ3v) is 4.29. The molecule has 1 unspecified atom stereocenters. The molecule has 2 rings (SSSR count). The second-order valence-corrected chi connectivity index (χ2v) is 7.72. The molecule has 0 radical (unpaired) electrons.